The molecule has 6 aliphatic carbocycles. The second-order valence-electron chi connectivity index (χ2n) is 41.7. The van der Waals surface area contributed by atoms with Crippen molar-refractivity contribution in [2.45, 2.75) is 116 Å². The molecule has 0 amide bonds. The lowest BCUT2D eigenvalue weighted by molar-refractivity contribution is 0.656. The zero-order valence-corrected chi connectivity index (χ0v) is 80.6. The van der Waals surface area contributed by atoms with Crippen LogP contribution in [0.5, 0.6) is 0 Å². The highest BCUT2D eigenvalue weighted by molar-refractivity contribution is 7.26. The van der Waals surface area contributed by atoms with Gasteiger partial charge in [0.05, 0.1) is 0 Å². The van der Waals surface area contributed by atoms with E-state index in [1.807, 2.05) is 11.3 Å². The molecule has 6 heteroatoms. The molecule has 0 saturated carbocycles. The third-order valence-corrected chi connectivity index (χ3v) is 33.1. The molecule has 22 aromatic rings. The molecule has 0 aliphatic heterocycles. The summed E-state index contributed by atoms with van der Waals surface area (Å²) in [6.45, 7) is 28.2. The maximum atomic E-state index is 6.65. The summed E-state index contributed by atoms with van der Waals surface area (Å²) < 4.78 is 15.7. The summed E-state index contributed by atoms with van der Waals surface area (Å²) in [4.78, 5) is 7.22. The van der Waals surface area contributed by atoms with E-state index in [-0.39, 0.29) is 32.5 Å². The van der Waals surface area contributed by atoms with Gasteiger partial charge in [-0.25, -0.2) is 0 Å². The zero-order valence-electron chi connectivity index (χ0n) is 79.7. The van der Waals surface area contributed by atoms with Crippen molar-refractivity contribution in [3.8, 4) is 77.9 Å². The van der Waals surface area contributed by atoms with E-state index >= 15 is 0 Å². The van der Waals surface area contributed by atoms with Crippen LogP contribution in [0.25, 0.3) is 142 Å². The van der Waals surface area contributed by atoms with Crippen LogP contribution in [0.2, 0.25) is 0 Å². The minimum Gasteiger partial charge on any atom is -0.456 e. The minimum absolute atomic E-state index is 0.000565. The lowest BCUT2D eigenvalue weighted by atomic mass is 9.82. The summed E-state index contributed by atoms with van der Waals surface area (Å²) >= 11 is 1.91. The van der Waals surface area contributed by atoms with E-state index in [1.54, 1.807) is 0 Å². The number of thiophene rings is 1. The van der Waals surface area contributed by atoms with Gasteiger partial charge in [-0.3, -0.25) is 0 Å². The Labute approximate surface area is 810 Å². The van der Waals surface area contributed by atoms with Gasteiger partial charge >= 0.3 is 0 Å². The van der Waals surface area contributed by atoms with Crippen molar-refractivity contribution in [1.82, 2.24) is 0 Å². The highest BCUT2D eigenvalue weighted by atomic mass is 32.1. The normalized spacial score (nSPS) is 15.0. The summed E-state index contributed by atoms with van der Waals surface area (Å²) in [6.07, 6.45) is 0. The molecule has 0 fully saturated rings. The van der Waals surface area contributed by atoms with Crippen LogP contribution in [0.4, 0.5) is 51.2 Å². The summed E-state index contributed by atoms with van der Waals surface area (Å²) in [5, 5.41) is 7.50. The fraction of sp³-hybridized carbons (Fsp3) is 0.136. The number of nitrogens with zero attached hydrogens (tertiary/aromatic N) is 3. The Morgan fingerprint density at radius 2 is 0.464 bits per heavy atom. The first kappa shape index (κ1) is 83.0. The Hall–Kier alpha value is -15.6. The highest BCUT2D eigenvalue weighted by Gasteiger charge is 2.44. The molecule has 19 aromatic carbocycles. The number of para-hydroxylation sites is 3. The van der Waals surface area contributed by atoms with Crippen molar-refractivity contribution in [2.24, 2.45) is 0 Å². The number of furan rings is 2. The van der Waals surface area contributed by atoms with E-state index in [9.17, 15) is 0 Å². The number of hydrogen-bond donors (Lipinski definition) is 0. The molecule has 0 unspecified atom stereocenters. The van der Waals surface area contributed by atoms with Gasteiger partial charge in [-0.15, -0.1) is 11.3 Å². The van der Waals surface area contributed by atoms with Gasteiger partial charge in [0.25, 0.3) is 0 Å². The number of rotatable bonds is 10. The predicted molar refractivity (Wildman–Crippen MR) is 582 cm³/mol. The van der Waals surface area contributed by atoms with E-state index in [4.69, 9.17) is 8.83 Å². The van der Waals surface area contributed by atoms with Crippen molar-refractivity contribution in [1.29, 1.82) is 0 Å². The molecule has 3 heterocycles. The van der Waals surface area contributed by atoms with E-state index in [2.05, 4.69) is 504 Å². The van der Waals surface area contributed by atoms with Crippen molar-refractivity contribution in [3.63, 3.8) is 0 Å². The Morgan fingerprint density at radius 3 is 0.928 bits per heavy atom. The van der Waals surface area contributed by atoms with Gasteiger partial charge in [0.1, 0.15) is 22.3 Å². The summed E-state index contributed by atoms with van der Waals surface area (Å²) in [7, 11) is 0. The van der Waals surface area contributed by atoms with Crippen molar-refractivity contribution in [2.75, 3.05) is 14.7 Å². The zero-order chi connectivity index (χ0) is 93.4. The van der Waals surface area contributed by atoms with Crippen LogP contribution in [-0.4, -0.2) is 0 Å². The SMILES string of the molecule is CC1(C)c2ccccc2-c2ccc(N(c3ccc(-c4ccccc4)cc3)c3ccc4c(c3)C(C)(C)c3ccc5oc6ccccc6c5c3-4)cc21.CC1(C)c2ccccc2-c2ccc(N(c3ccccc3)c3ccc4c(c3)oc3ccc5c(c34)-c3ccccc3C5(C)C)cc21.CC1(C)c2ccccc2-c2ccc(N(c3ccccc3)c3ccc4c(c3)sc3ccc5c(c34)-c3ccccc3C5(C)C)cc21. The first-order valence-electron chi connectivity index (χ1n) is 48.7. The first-order chi connectivity index (χ1) is 67.0. The molecule has 0 bridgehead atoms. The molecule has 3 aromatic heterocycles. The van der Waals surface area contributed by atoms with E-state index in [0.29, 0.717) is 0 Å². The Bertz CT molecular complexity index is 8510. The second kappa shape index (κ2) is 30.5. The van der Waals surface area contributed by atoms with E-state index < -0.39 is 0 Å². The van der Waals surface area contributed by atoms with E-state index in [0.717, 1.165) is 67.5 Å². The van der Waals surface area contributed by atoms with Crippen molar-refractivity contribution in [3.05, 3.63) is 473 Å². The lowest BCUT2D eigenvalue weighted by Gasteiger charge is -2.30. The summed E-state index contributed by atoms with van der Waals surface area (Å²) in [5.74, 6) is 0. The topological polar surface area (TPSA) is 36.0 Å². The summed E-state index contributed by atoms with van der Waals surface area (Å²) in [5.41, 5.74) is 48.7. The van der Waals surface area contributed by atoms with Crippen LogP contribution >= 0.6 is 11.3 Å². The number of hydrogen-bond acceptors (Lipinski definition) is 6. The van der Waals surface area contributed by atoms with Crippen LogP contribution in [0, 0.1) is 0 Å². The Morgan fingerprint density at radius 1 is 0.174 bits per heavy atom. The number of benzene rings is 19. The van der Waals surface area contributed by atoms with Crippen LogP contribution in [0.15, 0.2) is 415 Å². The van der Waals surface area contributed by atoms with Crippen LogP contribution in [0.3, 0.4) is 0 Å². The molecule has 6 aliphatic rings. The molecular formula is C132H103N3O2S. The Kier molecular flexibility index (Phi) is 18.3. The fourth-order valence-electron chi connectivity index (χ4n) is 25.0. The maximum absolute atomic E-state index is 6.65. The largest absolute Gasteiger partial charge is 0.456 e. The van der Waals surface area contributed by atoms with Gasteiger partial charge in [-0.05, 0) is 278 Å². The van der Waals surface area contributed by atoms with Gasteiger partial charge in [-0.2, -0.15) is 0 Å². The van der Waals surface area contributed by atoms with Gasteiger partial charge in [0.2, 0.25) is 0 Å². The molecule has 0 radical (unpaired) electrons. The van der Waals surface area contributed by atoms with Crippen LogP contribution < -0.4 is 14.7 Å². The highest BCUT2D eigenvalue weighted by Crippen LogP contribution is 2.61. The number of anilines is 9. The van der Waals surface area contributed by atoms with E-state index in [1.165, 1.54) is 192 Å². The molecule has 0 N–H and O–H groups in total. The molecule has 0 spiro atoms. The van der Waals surface area contributed by atoms with Crippen molar-refractivity contribution < 1.29 is 8.83 Å². The maximum Gasteiger partial charge on any atom is 0.137 e. The molecule has 138 heavy (non-hydrogen) atoms. The van der Waals surface area contributed by atoms with Crippen LogP contribution in [0.1, 0.15) is 150 Å². The Balaban J connectivity index is 0.000000107. The minimum atomic E-state index is -0.183. The average Bonchev–Trinajstić information content (AvgIpc) is 1.55. The summed E-state index contributed by atoms with van der Waals surface area (Å²) in [6, 6.07) is 149. The van der Waals surface area contributed by atoms with Gasteiger partial charge < -0.3 is 23.5 Å². The number of fused-ring (bicyclic) bond motifs is 30. The molecule has 28 rings (SSSR count). The standard InChI is InChI=1S/C48H37NO.C42H33NO.C42H33NS/c1-47(2)39-16-10-8-14-35(39)36-24-22-33(28-41(36)47)49(32-20-18-31(19-21-32)30-12-6-5-7-13-30)34-23-25-37-42(29-34)48(3,4)40-26-27-44-46(45(37)40)38-15-9-11-17-43(38)50-44;2*1-41(2)34-17-11-9-15-31(34)39-35(41)22-23-37-40(39)32-21-19-28(25-38(32)44-37)43(26-12-6-5-7-13-26)27-18-20-30-29-14-8-10-16-33(29)42(3,4)36(30)24-27/h5-29H,1-4H3;2*5-25H,1-4H3. The van der Waals surface area contributed by atoms with Gasteiger partial charge in [0, 0.05) is 131 Å². The molecule has 5 nitrogen and oxygen atoms in total. The fourth-order valence-corrected chi connectivity index (χ4v) is 26.1. The molecule has 0 saturated heterocycles. The third-order valence-electron chi connectivity index (χ3n) is 32.0. The second-order valence-corrected chi connectivity index (χ2v) is 42.8. The monoisotopic (exact) mass is 1790 g/mol. The third kappa shape index (κ3) is 12.3. The molecule has 0 atom stereocenters. The van der Waals surface area contributed by atoms with Crippen molar-refractivity contribution >= 4 is 127 Å². The lowest BCUT2D eigenvalue weighted by Crippen LogP contribution is -2.18. The first-order valence-corrected chi connectivity index (χ1v) is 49.5. The average molecular weight is 1800 g/mol. The van der Waals surface area contributed by atoms with Crippen LogP contribution in [-0.2, 0) is 32.5 Å². The quantitative estimate of drug-likeness (QED) is 0.136. The smallest absolute Gasteiger partial charge is 0.137 e. The molecule has 664 valence electrons. The van der Waals surface area contributed by atoms with Gasteiger partial charge in [-0.1, -0.05) is 350 Å². The van der Waals surface area contributed by atoms with Gasteiger partial charge in [0.15, 0.2) is 0 Å². The predicted octanol–water partition coefficient (Wildman–Crippen LogP) is 37.1. The molecular weight excluding hydrogens is 1690 g/mol.